The number of alkyl halides is 3. The van der Waals surface area contributed by atoms with Gasteiger partial charge in [0.1, 0.15) is 5.75 Å². The van der Waals surface area contributed by atoms with E-state index in [2.05, 4.69) is 9.28 Å². The second-order valence-corrected chi connectivity index (χ2v) is 4.66. The maximum atomic E-state index is 12.1. The summed E-state index contributed by atoms with van der Waals surface area (Å²) >= 11 is -3.43. The van der Waals surface area contributed by atoms with Crippen LogP contribution in [0.25, 0.3) is 10.9 Å². The van der Waals surface area contributed by atoms with Crippen molar-refractivity contribution in [1.82, 2.24) is 9.78 Å². The van der Waals surface area contributed by atoms with E-state index in [0.29, 0.717) is 10.9 Å². The molecule has 2 aromatic rings. The first kappa shape index (κ1) is 13.5. The van der Waals surface area contributed by atoms with E-state index in [4.69, 9.17) is 0 Å². The van der Waals surface area contributed by atoms with Crippen molar-refractivity contribution in [3.05, 3.63) is 24.4 Å². The predicted octanol–water partition coefficient (Wildman–Crippen LogP) is 2.26. The van der Waals surface area contributed by atoms with E-state index in [1.165, 1.54) is 31.3 Å². The lowest BCUT2D eigenvalue weighted by Gasteiger charge is -2.07. The smallest absolute Gasteiger partial charge is 0.394 e. The van der Waals surface area contributed by atoms with Gasteiger partial charge in [-0.1, -0.05) is 0 Å². The van der Waals surface area contributed by atoms with Crippen molar-refractivity contribution >= 4 is 27.9 Å². The molecule has 1 atom stereocenters. The summed E-state index contributed by atoms with van der Waals surface area (Å²) in [4.78, 5) is 11.2. The minimum Gasteiger partial charge on any atom is -0.394 e. The average Bonchev–Trinajstić information content (AvgIpc) is 2.70. The molecule has 1 aromatic carbocycles. The molecule has 0 amide bonds. The van der Waals surface area contributed by atoms with Crippen LogP contribution in [0.1, 0.15) is 11.7 Å². The van der Waals surface area contributed by atoms with Gasteiger partial charge in [-0.05, 0) is 18.2 Å². The number of hydrogen-bond acceptors (Lipinski definition) is 4. The molecule has 0 N–H and O–H groups in total. The highest BCUT2D eigenvalue weighted by Gasteiger charge is 2.40. The molecular weight excluding hydrogens is 285 g/mol. The molecule has 0 aliphatic rings. The highest BCUT2D eigenvalue weighted by Crippen LogP contribution is 2.26. The van der Waals surface area contributed by atoms with Crippen LogP contribution in [0.3, 0.4) is 0 Å². The van der Waals surface area contributed by atoms with Crippen LogP contribution in [-0.4, -0.2) is 25.4 Å². The SMILES string of the molecule is CC(=O)n1ncc2cc(OS(=O)C(F)(F)F)ccc21. The maximum absolute atomic E-state index is 12.1. The van der Waals surface area contributed by atoms with Gasteiger partial charge in [0.15, 0.2) is 0 Å². The third-order valence-corrected chi connectivity index (χ3v) is 2.92. The molecule has 2 rings (SSSR count). The molecular formula is C10H7F3N2O3S. The highest BCUT2D eigenvalue weighted by atomic mass is 32.2. The molecule has 0 spiro atoms. The number of halogens is 3. The van der Waals surface area contributed by atoms with Gasteiger partial charge in [0, 0.05) is 12.3 Å². The number of rotatable bonds is 2. The van der Waals surface area contributed by atoms with Gasteiger partial charge in [0.05, 0.1) is 11.7 Å². The fraction of sp³-hybridized carbons (Fsp3) is 0.200. The van der Waals surface area contributed by atoms with Crippen LogP contribution in [0.15, 0.2) is 24.4 Å². The van der Waals surface area contributed by atoms with Gasteiger partial charge in [-0.3, -0.25) is 4.79 Å². The Morgan fingerprint density at radius 2 is 2.11 bits per heavy atom. The Hall–Kier alpha value is -1.90. The van der Waals surface area contributed by atoms with Gasteiger partial charge in [0.25, 0.3) is 0 Å². The second kappa shape index (κ2) is 4.65. The lowest BCUT2D eigenvalue weighted by molar-refractivity contribution is -0.0437. The number of benzene rings is 1. The molecule has 0 fully saturated rings. The molecule has 1 unspecified atom stereocenters. The van der Waals surface area contributed by atoms with Crippen LogP contribution in [0.5, 0.6) is 5.75 Å². The van der Waals surface area contributed by atoms with Crippen molar-refractivity contribution in [2.24, 2.45) is 0 Å². The number of fused-ring (bicyclic) bond motifs is 1. The van der Waals surface area contributed by atoms with Gasteiger partial charge in [0.2, 0.25) is 5.91 Å². The molecule has 1 heterocycles. The Balaban J connectivity index is 2.33. The van der Waals surface area contributed by atoms with E-state index < -0.39 is 16.6 Å². The minimum absolute atomic E-state index is 0.216. The maximum Gasteiger partial charge on any atom is 0.508 e. The molecule has 0 radical (unpaired) electrons. The van der Waals surface area contributed by atoms with Crippen LogP contribution in [-0.2, 0) is 11.1 Å². The Morgan fingerprint density at radius 3 is 2.68 bits per heavy atom. The third-order valence-electron chi connectivity index (χ3n) is 2.20. The Bertz CT molecular complexity index is 666. The molecule has 0 saturated heterocycles. The summed E-state index contributed by atoms with van der Waals surface area (Å²) in [6, 6.07) is 3.78. The fourth-order valence-electron chi connectivity index (χ4n) is 1.45. The molecule has 9 heteroatoms. The van der Waals surface area contributed by atoms with Crippen molar-refractivity contribution in [3.63, 3.8) is 0 Å². The predicted molar refractivity (Wildman–Crippen MR) is 60.9 cm³/mol. The first-order valence-corrected chi connectivity index (χ1v) is 6.02. The van der Waals surface area contributed by atoms with Gasteiger partial charge in [-0.15, -0.1) is 0 Å². The van der Waals surface area contributed by atoms with Gasteiger partial charge >= 0.3 is 16.6 Å². The molecule has 19 heavy (non-hydrogen) atoms. The Morgan fingerprint density at radius 1 is 1.42 bits per heavy atom. The highest BCUT2D eigenvalue weighted by molar-refractivity contribution is 7.81. The van der Waals surface area contributed by atoms with Crippen LogP contribution >= 0.6 is 0 Å². The average molecular weight is 292 g/mol. The zero-order valence-corrected chi connectivity index (χ0v) is 10.3. The Labute approximate surface area is 107 Å². The molecule has 0 bridgehead atoms. The van der Waals surface area contributed by atoms with E-state index in [1.807, 2.05) is 0 Å². The van der Waals surface area contributed by atoms with Crippen molar-refractivity contribution in [1.29, 1.82) is 0 Å². The van der Waals surface area contributed by atoms with Crippen LogP contribution in [0, 0.1) is 0 Å². The monoisotopic (exact) mass is 292 g/mol. The first-order valence-electron chi connectivity index (χ1n) is 4.94. The topological polar surface area (TPSA) is 61.2 Å². The third kappa shape index (κ3) is 2.75. The second-order valence-electron chi connectivity index (χ2n) is 3.56. The number of aromatic nitrogens is 2. The van der Waals surface area contributed by atoms with Crippen molar-refractivity contribution in [2.75, 3.05) is 0 Å². The Kier molecular flexibility index (Phi) is 3.31. The van der Waals surface area contributed by atoms with Gasteiger partial charge in [-0.2, -0.15) is 18.3 Å². The minimum atomic E-state index is -4.95. The summed E-state index contributed by atoms with van der Waals surface area (Å²) in [6.45, 7) is 1.30. The van der Waals surface area contributed by atoms with Crippen molar-refractivity contribution < 1.29 is 26.4 Å². The first-order chi connectivity index (χ1) is 8.79. The molecule has 0 aliphatic carbocycles. The van der Waals surface area contributed by atoms with Crippen molar-refractivity contribution in [2.45, 2.75) is 12.4 Å². The summed E-state index contributed by atoms with van der Waals surface area (Å²) in [5, 5.41) is 4.19. The van der Waals surface area contributed by atoms with Gasteiger partial charge < -0.3 is 4.18 Å². The lowest BCUT2D eigenvalue weighted by atomic mass is 10.2. The summed E-state index contributed by atoms with van der Waals surface area (Å²) in [6.07, 6.45) is 1.31. The zero-order chi connectivity index (χ0) is 14.2. The molecule has 0 saturated carbocycles. The molecule has 102 valence electrons. The summed E-state index contributed by atoms with van der Waals surface area (Å²) < 4.78 is 52.4. The normalized spacial score (nSPS) is 13.5. The quantitative estimate of drug-likeness (QED) is 0.851. The summed E-state index contributed by atoms with van der Waals surface area (Å²) in [5.74, 6) is -0.547. The van der Waals surface area contributed by atoms with E-state index in [1.54, 1.807) is 0 Å². The zero-order valence-electron chi connectivity index (χ0n) is 9.47. The number of nitrogens with zero attached hydrogens (tertiary/aromatic N) is 2. The van der Waals surface area contributed by atoms with Gasteiger partial charge in [-0.25, -0.2) is 8.89 Å². The van der Waals surface area contributed by atoms with E-state index in [0.717, 1.165) is 4.68 Å². The lowest BCUT2D eigenvalue weighted by Crippen LogP contribution is -2.20. The molecule has 5 nitrogen and oxygen atoms in total. The van der Waals surface area contributed by atoms with Crippen LogP contribution < -0.4 is 4.18 Å². The standard InChI is InChI=1S/C10H7F3N2O3S/c1-6(16)15-9-3-2-8(4-7(9)5-14-15)18-19(17)10(11,12)13/h2-5H,1H3. The van der Waals surface area contributed by atoms with E-state index in [-0.39, 0.29) is 11.7 Å². The van der Waals surface area contributed by atoms with E-state index in [9.17, 15) is 22.2 Å². The van der Waals surface area contributed by atoms with Crippen LogP contribution in [0.4, 0.5) is 13.2 Å². The number of carbonyl (C=O) groups is 1. The molecule has 0 aliphatic heterocycles. The molecule has 1 aromatic heterocycles. The fourth-order valence-corrected chi connectivity index (χ4v) is 1.82. The van der Waals surface area contributed by atoms with E-state index >= 15 is 0 Å². The van der Waals surface area contributed by atoms with Crippen molar-refractivity contribution in [3.8, 4) is 5.75 Å². The number of hydrogen-bond donors (Lipinski definition) is 0. The summed E-state index contributed by atoms with van der Waals surface area (Å²) in [7, 11) is 0. The summed E-state index contributed by atoms with van der Waals surface area (Å²) in [5.41, 5.74) is -4.52. The van der Waals surface area contributed by atoms with Crippen LogP contribution in [0.2, 0.25) is 0 Å². The number of carbonyl (C=O) groups excluding carboxylic acids is 1. The largest absolute Gasteiger partial charge is 0.508 e.